The molecule has 5 atom stereocenters. The van der Waals surface area contributed by atoms with Gasteiger partial charge in [0.15, 0.2) is 0 Å². The summed E-state index contributed by atoms with van der Waals surface area (Å²) in [5.41, 5.74) is 1.91. The minimum atomic E-state index is -0.749. The van der Waals surface area contributed by atoms with Crippen LogP contribution in [0.4, 0.5) is 5.69 Å². The molecule has 4 bridgehead atoms. The Morgan fingerprint density at radius 2 is 2.11 bits per heavy atom. The molecule has 0 radical (unpaired) electrons. The Morgan fingerprint density at radius 3 is 2.96 bits per heavy atom. The van der Waals surface area contributed by atoms with E-state index in [-0.39, 0.29) is 41.4 Å². The molecule has 6 aliphatic rings. The molecule has 7 rings (SSSR count). The van der Waals surface area contributed by atoms with Crippen LogP contribution in [0.25, 0.3) is 0 Å². The largest absolute Gasteiger partial charge is 0.506 e. The highest BCUT2D eigenvalue weighted by atomic mass is 16.5. The van der Waals surface area contributed by atoms with Gasteiger partial charge in [0.25, 0.3) is 0 Å². The van der Waals surface area contributed by atoms with Crippen LogP contribution in [0.2, 0.25) is 0 Å². The summed E-state index contributed by atoms with van der Waals surface area (Å²) in [6, 6.07) is 5.10. The first-order valence-electron chi connectivity index (χ1n) is 10.2. The summed E-state index contributed by atoms with van der Waals surface area (Å²) < 4.78 is 6.17. The highest BCUT2D eigenvalue weighted by molar-refractivity contribution is 6.07. The zero-order valence-electron chi connectivity index (χ0n) is 15.9. The second-order valence-electron chi connectivity index (χ2n) is 9.01. The van der Waals surface area contributed by atoms with Crippen LogP contribution in [0, 0.1) is 11.8 Å². The molecule has 1 saturated carbocycles. The molecule has 1 unspecified atom stereocenters. The summed E-state index contributed by atoms with van der Waals surface area (Å²) >= 11 is 0. The molecule has 0 aromatic heterocycles. The molecule has 5 heterocycles. The molecule has 6 nitrogen and oxygen atoms in total. The number of ether oxygens (including phenoxy) is 1. The number of Topliss-reactive ketones (excluding diaryl/α,β-unsaturated/α-hetero) is 1. The summed E-state index contributed by atoms with van der Waals surface area (Å²) in [7, 11) is 2.10. The van der Waals surface area contributed by atoms with Crippen LogP contribution in [0.5, 0.6) is 5.75 Å². The lowest BCUT2D eigenvalue weighted by Gasteiger charge is -2.53. The number of hydrogen-bond acceptors (Lipinski definition) is 5. The van der Waals surface area contributed by atoms with Crippen molar-refractivity contribution in [2.75, 3.05) is 31.6 Å². The Kier molecular flexibility index (Phi) is 3.26. The number of para-hydroxylation sites is 1. The maximum atomic E-state index is 13.8. The molecule has 28 heavy (non-hydrogen) atoms. The average molecular weight is 380 g/mol. The lowest BCUT2D eigenvalue weighted by molar-refractivity contribution is -0.140. The Balaban J connectivity index is 1.67. The molecule has 1 spiro atoms. The summed E-state index contributed by atoms with van der Waals surface area (Å²) in [4.78, 5) is 31.1. The van der Waals surface area contributed by atoms with Crippen molar-refractivity contribution < 1.29 is 19.4 Å². The number of phenolic OH excluding ortho intramolecular Hbond substituents is 1. The zero-order chi connectivity index (χ0) is 19.2. The summed E-state index contributed by atoms with van der Waals surface area (Å²) in [6.07, 6.45) is 3.44. The Morgan fingerprint density at radius 1 is 1.25 bits per heavy atom. The Labute approximate surface area is 163 Å². The lowest BCUT2D eigenvalue weighted by atomic mass is 9.55. The predicted octanol–water partition coefficient (Wildman–Crippen LogP) is 1.61. The number of carbonyl (C=O) groups excluding carboxylic acids is 2. The molecule has 5 aliphatic heterocycles. The Bertz CT molecular complexity index is 940. The number of fused-ring (bicyclic) bond motifs is 6. The third-order valence-electron chi connectivity index (χ3n) is 7.80. The smallest absolute Gasteiger partial charge is 0.230 e. The number of phenols is 1. The van der Waals surface area contributed by atoms with Gasteiger partial charge in [-0.15, -0.1) is 0 Å². The maximum Gasteiger partial charge on any atom is 0.230 e. The van der Waals surface area contributed by atoms with Crippen molar-refractivity contribution in [1.29, 1.82) is 0 Å². The number of benzene rings is 1. The molecular weight excluding hydrogens is 356 g/mol. The SMILES string of the molecule is CN1CC[C@@]23C(=O)CC4C(=CCO[C@H]5CC(=O)N(c6c(O)cccc62)[C@@H]3[C@H]45)C1. The molecule has 146 valence electrons. The fraction of sp³-hybridized carbons (Fsp3) is 0.545. The van der Waals surface area contributed by atoms with E-state index in [4.69, 9.17) is 4.74 Å². The summed E-state index contributed by atoms with van der Waals surface area (Å²) in [6.45, 7) is 2.12. The number of likely N-dealkylation sites (N-methyl/N-ethyl adjacent to an activating group) is 1. The van der Waals surface area contributed by atoms with Crippen molar-refractivity contribution in [1.82, 2.24) is 4.90 Å². The van der Waals surface area contributed by atoms with E-state index in [0.29, 0.717) is 31.6 Å². The van der Waals surface area contributed by atoms with Gasteiger partial charge in [-0.1, -0.05) is 23.8 Å². The molecule has 1 aliphatic carbocycles. The number of aromatic hydroxyl groups is 1. The predicted molar refractivity (Wildman–Crippen MR) is 102 cm³/mol. The van der Waals surface area contributed by atoms with Crippen LogP contribution >= 0.6 is 0 Å². The number of carbonyl (C=O) groups is 2. The van der Waals surface area contributed by atoms with Crippen LogP contribution < -0.4 is 4.90 Å². The molecule has 6 heteroatoms. The third kappa shape index (κ3) is 1.85. The van der Waals surface area contributed by atoms with Gasteiger partial charge >= 0.3 is 0 Å². The van der Waals surface area contributed by atoms with Crippen molar-refractivity contribution in [2.45, 2.75) is 36.8 Å². The molecule has 4 fully saturated rings. The molecular formula is C22H24N2O4. The lowest BCUT2D eigenvalue weighted by Crippen LogP contribution is -2.66. The topological polar surface area (TPSA) is 70.1 Å². The zero-order valence-corrected chi connectivity index (χ0v) is 15.9. The minimum Gasteiger partial charge on any atom is -0.506 e. The van der Waals surface area contributed by atoms with Gasteiger partial charge in [0, 0.05) is 18.9 Å². The van der Waals surface area contributed by atoms with E-state index in [1.54, 1.807) is 17.0 Å². The van der Waals surface area contributed by atoms with Crippen molar-refractivity contribution in [3.8, 4) is 5.75 Å². The molecule has 1 N–H and O–H groups in total. The van der Waals surface area contributed by atoms with Crippen LogP contribution in [-0.2, 0) is 19.7 Å². The number of rotatable bonds is 0. The standard InChI is InChI=1S/C22H24N2O4/c1-23-7-6-22-14-3-2-4-15(25)20(14)24-18(27)10-16-19(21(22)24)13(9-17(22)26)12(11-23)5-8-28-16/h2-5,13,16,19,21,25H,6-11H2,1H3/t13?,16-,19+,21+,22-/m0/s1. The van der Waals surface area contributed by atoms with Gasteiger partial charge in [0.2, 0.25) is 5.91 Å². The number of ketones is 1. The minimum absolute atomic E-state index is 0.0413. The fourth-order valence-corrected chi connectivity index (χ4v) is 6.71. The van der Waals surface area contributed by atoms with Gasteiger partial charge < -0.3 is 19.6 Å². The number of piperidine rings is 1. The van der Waals surface area contributed by atoms with Crippen molar-refractivity contribution in [3.05, 3.63) is 35.4 Å². The van der Waals surface area contributed by atoms with E-state index < -0.39 is 5.41 Å². The van der Waals surface area contributed by atoms with Crippen LogP contribution in [-0.4, -0.2) is 60.6 Å². The number of anilines is 1. The van der Waals surface area contributed by atoms with Crippen molar-refractivity contribution >= 4 is 17.4 Å². The molecule has 1 aromatic rings. The number of nitrogens with zero attached hydrogens (tertiary/aromatic N) is 2. The molecule has 1 aromatic carbocycles. The summed E-state index contributed by atoms with van der Waals surface area (Å²) in [5, 5.41) is 10.7. The van der Waals surface area contributed by atoms with Crippen LogP contribution in [0.15, 0.2) is 29.8 Å². The second-order valence-corrected chi connectivity index (χ2v) is 9.01. The molecule has 3 saturated heterocycles. The van der Waals surface area contributed by atoms with Gasteiger partial charge in [0.05, 0.1) is 36.3 Å². The van der Waals surface area contributed by atoms with Gasteiger partial charge in [-0.3, -0.25) is 9.59 Å². The van der Waals surface area contributed by atoms with E-state index in [2.05, 4.69) is 18.0 Å². The number of amides is 1. The van der Waals surface area contributed by atoms with Gasteiger partial charge in [-0.2, -0.15) is 0 Å². The second kappa shape index (κ2) is 5.45. The third-order valence-corrected chi connectivity index (χ3v) is 7.80. The van der Waals surface area contributed by atoms with Crippen molar-refractivity contribution in [2.24, 2.45) is 11.8 Å². The van der Waals surface area contributed by atoms with Gasteiger partial charge in [-0.05, 0) is 37.6 Å². The quantitative estimate of drug-likeness (QED) is 0.693. The summed E-state index contributed by atoms with van der Waals surface area (Å²) in [5.74, 6) is 0.455. The molecule has 1 amide bonds. The first kappa shape index (κ1) is 16.7. The highest BCUT2D eigenvalue weighted by Crippen LogP contribution is 2.62. The van der Waals surface area contributed by atoms with E-state index in [9.17, 15) is 14.7 Å². The Hall–Kier alpha value is -2.18. The average Bonchev–Trinajstić information content (AvgIpc) is 2.92. The fourth-order valence-electron chi connectivity index (χ4n) is 6.71. The van der Waals surface area contributed by atoms with E-state index in [1.807, 2.05) is 6.07 Å². The van der Waals surface area contributed by atoms with Crippen LogP contribution in [0.1, 0.15) is 24.8 Å². The van der Waals surface area contributed by atoms with Crippen molar-refractivity contribution in [3.63, 3.8) is 0 Å². The van der Waals surface area contributed by atoms with E-state index >= 15 is 0 Å². The van der Waals surface area contributed by atoms with Gasteiger partial charge in [0.1, 0.15) is 11.5 Å². The number of hydrogen-bond donors (Lipinski definition) is 1. The van der Waals surface area contributed by atoms with E-state index in [0.717, 1.165) is 18.7 Å². The van der Waals surface area contributed by atoms with E-state index in [1.165, 1.54) is 5.57 Å². The first-order chi connectivity index (χ1) is 13.5. The monoisotopic (exact) mass is 380 g/mol. The maximum absolute atomic E-state index is 13.8. The van der Waals surface area contributed by atoms with Crippen LogP contribution in [0.3, 0.4) is 0 Å². The first-order valence-corrected chi connectivity index (χ1v) is 10.2. The van der Waals surface area contributed by atoms with Gasteiger partial charge in [-0.25, -0.2) is 0 Å². The normalized spacial score (nSPS) is 39.0. The highest BCUT2D eigenvalue weighted by Gasteiger charge is 2.68.